The molecule has 0 bridgehead atoms. The number of hydrogen-bond acceptors (Lipinski definition) is 3. The molecule has 134 valence electrons. The zero-order chi connectivity index (χ0) is 18.0. The number of fused-ring (bicyclic) bond motifs is 1. The van der Waals surface area contributed by atoms with Gasteiger partial charge < -0.3 is 9.88 Å². The lowest BCUT2D eigenvalue weighted by atomic mass is 9.85. The average Bonchev–Trinajstić information content (AvgIpc) is 2.61. The van der Waals surface area contributed by atoms with Gasteiger partial charge in [0.15, 0.2) is 4.77 Å². The van der Waals surface area contributed by atoms with E-state index in [0.717, 1.165) is 11.9 Å². The Morgan fingerprint density at radius 2 is 2.04 bits per heavy atom. The molecule has 0 saturated heterocycles. The quantitative estimate of drug-likeness (QED) is 0.850. The Labute approximate surface area is 152 Å². The Morgan fingerprint density at radius 1 is 1.32 bits per heavy atom. The summed E-state index contributed by atoms with van der Waals surface area (Å²) in [6, 6.07) is 7.61. The number of aromatic amines is 1. The van der Waals surface area contributed by atoms with E-state index >= 15 is 0 Å². The fourth-order valence-electron chi connectivity index (χ4n) is 3.84. The Kier molecular flexibility index (Phi) is 5.37. The first-order valence-electron chi connectivity index (χ1n) is 8.96. The van der Waals surface area contributed by atoms with Gasteiger partial charge in [-0.3, -0.25) is 14.2 Å². The van der Waals surface area contributed by atoms with Crippen LogP contribution >= 0.6 is 12.2 Å². The van der Waals surface area contributed by atoms with Gasteiger partial charge in [-0.05, 0) is 43.1 Å². The molecule has 2 atom stereocenters. The van der Waals surface area contributed by atoms with Crippen molar-refractivity contribution in [3.05, 3.63) is 39.4 Å². The molecule has 6 heteroatoms. The molecule has 1 amide bonds. The number of H-pyrrole nitrogens is 1. The zero-order valence-corrected chi connectivity index (χ0v) is 15.6. The molecule has 0 spiro atoms. The van der Waals surface area contributed by atoms with Crippen molar-refractivity contribution in [2.24, 2.45) is 5.92 Å². The van der Waals surface area contributed by atoms with E-state index < -0.39 is 0 Å². The van der Waals surface area contributed by atoms with Crippen LogP contribution < -0.4 is 5.56 Å². The maximum absolute atomic E-state index is 12.6. The Bertz CT molecular complexity index is 886. The van der Waals surface area contributed by atoms with Gasteiger partial charge >= 0.3 is 0 Å². The van der Waals surface area contributed by atoms with Crippen LogP contribution in [0, 0.1) is 10.7 Å². The van der Waals surface area contributed by atoms with Crippen molar-refractivity contribution in [1.82, 2.24) is 14.5 Å². The minimum Gasteiger partial charge on any atom is -0.342 e. The predicted octanol–water partition coefficient (Wildman–Crippen LogP) is 3.49. The summed E-state index contributed by atoms with van der Waals surface area (Å²) in [4.78, 5) is 30.2. The van der Waals surface area contributed by atoms with E-state index in [4.69, 9.17) is 12.2 Å². The van der Waals surface area contributed by atoms with Gasteiger partial charge in [0, 0.05) is 26.1 Å². The summed E-state index contributed by atoms with van der Waals surface area (Å²) in [5.74, 6) is 0.613. The molecule has 1 aliphatic rings. The van der Waals surface area contributed by atoms with Crippen LogP contribution in [0.1, 0.15) is 39.0 Å². The van der Waals surface area contributed by atoms with Crippen LogP contribution in [0.2, 0.25) is 0 Å². The molecule has 1 aliphatic carbocycles. The summed E-state index contributed by atoms with van der Waals surface area (Å²) in [5, 5.41) is 0.595. The monoisotopic (exact) mass is 359 g/mol. The van der Waals surface area contributed by atoms with Gasteiger partial charge in [0.05, 0.1) is 10.9 Å². The molecule has 0 radical (unpaired) electrons. The van der Waals surface area contributed by atoms with Gasteiger partial charge in [-0.1, -0.05) is 31.9 Å². The van der Waals surface area contributed by atoms with Crippen LogP contribution in [0.5, 0.6) is 0 Å². The lowest BCUT2D eigenvalue weighted by Crippen LogP contribution is -2.43. The van der Waals surface area contributed by atoms with Gasteiger partial charge in [0.25, 0.3) is 5.56 Å². The highest BCUT2D eigenvalue weighted by atomic mass is 32.1. The van der Waals surface area contributed by atoms with Crippen molar-refractivity contribution in [2.45, 2.75) is 51.6 Å². The first-order chi connectivity index (χ1) is 12.0. The van der Waals surface area contributed by atoms with Crippen molar-refractivity contribution >= 4 is 29.0 Å². The number of hydrogen-bond donors (Lipinski definition) is 1. The first kappa shape index (κ1) is 17.9. The van der Waals surface area contributed by atoms with Gasteiger partial charge in [0.2, 0.25) is 5.91 Å². The van der Waals surface area contributed by atoms with E-state index in [1.165, 1.54) is 23.8 Å². The third-order valence-corrected chi connectivity index (χ3v) is 5.72. The summed E-state index contributed by atoms with van der Waals surface area (Å²) in [5.41, 5.74) is 0.592. The molecule has 1 heterocycles. The number of rotatable bonds is 4. The van der Waals surface area contributed by atoms with E-state index in [1.54, 1.807) is 6.07 Å². The normalized spacial score (nSPS) is 20.6. The van der Waals surface area contributed by atoms with Gasteiger partial charge in [-0.2, -0.15) is 0 Å². The Hall–Kier alpha value is -1.95. The summed E-state index contributed by atoms with van der Waals surface area (Å²) in [6.07, 6.45) is 4.97. The van der Waals surface area contributed by atoms with E-state index in [9.17, 15) is 9.59 Å². The van der Waals surface area contributed by atoms with Crippen LogP contribution in [-0.2, 0) is 11.3 Å². The van der Waals surface area contributed by atoms with Gasteiger partial charge in [0.1, 0.15) is 0 Å². The van der Waals surface area contributed by atoms with Crippen molar-refractivity contribution in [2.75, 3.05) is 7.05 Å². The van der Waals surface area contributed by atoms with Crippen LogP contribution in [0.3, 0.4) is 0 Å². The largest absolute Gasteiger partial charge is 0.342 e. The molecule has 1 aromatic carbocycles. The molecule has 5 nitrogen and oxygen atoms in total. The van der Waals surface area contributed by atoms with E-state index in [-0.39, 0.29) is 17.9 Å². The fraction of sp³-hybridized carbons (Fsp3) is 0.526. The van der Waals surface area contributed by atoms with Crippen molar-refractivity contribution in [1.29, 1.82) is 0 Å². The molecule has 1 fully saturated rings. The third kappa shape index (κ3) is 3.68. The number of carbonyl (C=O) groups excluding carboxylic acids is 1. The molecule has 0 unspecified atom stereocenters. The standard InChI is InChI=1S/C19H25N3O2S/c1-13-7-3-6-10-16(13)21(2)17(23)11-12-22-18(24)14-8-4-5-9-15(14)20-19(22)25/h4-5,8-9,13,16H,3,6-7,10-12H2,1-2H3,(H,20,25)/t13-,16-/m1/s1. The topological polar surface area (TPSA) is 58.1 Å². The summed E-state index contributed by atoms with van der Waals surface area (Å²) < 4.78 is 1.86. The van der Waals surface area contributed by atoms with Gasteiger partial charge in [-0.15, -0.1) is 0 Å². The average molecular weight is 359 g/mol. The Balaban J connectivity index is 1.75. The molecule has 1 aromatic heterocycles. The maximum atomic E-state index is 12.6. The second-order valence-electron chi connectivity index (χ2n) is 7.02. The highest BCUT2D eigenvalue weighted by molar-refractivity contribution is 7.71. The number of aromatic nitrogens is 2. The van der Waals surface area contributed by atoms with E-state index in [1.807, 2.05) is 30.1 Å². The molecule has 0 aliphatic heterocycles. The predicted molar refractivity (Wildman–Crippen MR) is 102 cm³/mol. The SMILES string of the molecule is C[C@@H]1CCCC[C@H]1N(C)C(=O)CCn1c(=S)[nH]c2ccccc2c1=O. The maximum Gasteiger partial charge on any atom is 0.262 e. The molecule has 1 saturated carbocycles. The minimum absolute atomic E-state index is 0.0770. The lowest BCUT2D eigenvalue weighted by molar-refractivity contribution is -0.133. The van der Waals surface area contributed by atoms with Crippen LogP contribution in [0.4, 0.5) is 0 Å². The van der Waals surface area contributed by atoms with Crippen LogP contribution in [-0.4, -0.2) is 33.4 Å². The number of benzene rings is 1. The summed E-state index contributed by atoms with van der Waals surface area (Å²) in [6.45, 7) is 2.53. The van der Waals surface area contributed by atoms with Crippen molar-refractivity contribution < 1.29 is 4.79 Å². The van der Waals surface area contributed by atoms with Crippen molar-refractivity contribution in [3.63, 3.8) is 0 Å². The lowest BCUT2D eigenvalue weighted by Gasteiger charge is -2.36. The molecular weight excluding hydrogens is 334 g/mol. The van der Waals surface area contributed by atoms with Gasteiger partial charge in [-0.25, -0.2) is 0 Å². The number of para-hydroxylation sites is 1. The molecule has 25 heavy (non-hydrogen) atoms. The third-order valence-electron chi connectivity index (χ3n) is 5.40. The molecule has 2 aromatic rings. The highest BCUT2D eigenvalue weighted by Crippen LogP contribution is 2.27. The number of nitrogens with zero attached hydrogens (tertiary/aromatic N) is 2. The molecular formula is C19H25N3O2S. The smallest absolute Gasteiger partial charge is 0.262 e. The Morgan fingerprint density at radius 3 is 2.80 bits per heavy atom. The summed E-state index contributed by atoms with van der Waals surface area (Å²) >= 11 is 5.31. The number of amides is 1. The zero-order valence-electron chi connectivity index (χ0n) is 14.8. The molecule has 3 rings (SSSR count). The number of carbonyl (C=O) groups is 1. The first-order valence-corrected chi connectivity index (χ1v) is 9.37. The van der Waals surface area contributed by atoms with Crippen LogP contribution in [0.25, 0.3) is 10.9 Å². The molecule has 1 N–H and O–H groups in total. The summed E-state index contributed by atoms with van der Waals surface area (Å²) in [7, 11) is 1.89. The fourth-order valence-corrected chi connectivity index (χ4v) is 4.13. The van der Waals surface area contributed by atoms with Crippen molar-refractivity contribution in [3.8, 4) is 0 Å². The number of nitrogens with one attached hydrogen (secondary N) is 1. The second-order valence-corrected chi connectivity index (χ2v) is 7.40. The van der Waals surface area contributed by atoms with E-state index in [0.29, 0.717) is 28.7 Å². The second kappa shape index (κ2) is 7.52. The van der Waals surface area contributed by atoms with E-state index in [2.05, 4.69) is 11.9 Å². The highest BCUT2D eigenvalue weighted by Gasteiger charge is 2.27. The minimum atomic E-state index is -0.138. The van der Waals surface area contributed by atoms with Crippen LogP contribution in [0.15, 0.2) is 29.1 Å².